The molecule has 0 saturated carbocycles. The van der Waals surface area contributed by atoms with Crippen LogP contribution < -0.4 is 26.2 Å². The fraction of sp³-hybridized carbons (Fsp3) is 0.210. The van der Waals surface area contributed by atoms with E-state index >= 15 is 0 Å². The fourth-order valence-corrected chi connectivity index (χ4v) is 13.4. The summed E-state index contributed by atoms with van der Waals surface area (Å²) in [4.78, 5) is 15.6. The van der Waals surface area contributed by atoms with E-state index < -0.39 is 0 Å². The van der Waals surface area contributed by atoms with Crippen molar-refractivity contribution < 1.29 is 0 Å². The fourth-order valence-electron chi connectivity index (χ4n) is 13.4. The van der Waals surface area contributed by atoms with E-state index in [0.29, 0.717) is 5.82 Å². The van der Waals surface area contributed by atoms with Crippen LogP contribution in [0.5, 0.6) is 0 Å². The molecule has 6 heteroatoms. The van der Waals surface area contributed by atoms with Gasteiger partial charge in [-0.05, 0) is 175 Å². The summed E-state index contributed by atoms with van der Waals surface area (Å²) in [5.74, 6) is 0.698. The van der Waals surface area contributed by atoms with Gasteiger partial charge in [-0.1, -0.05) is 217 Å². The lowest BCUT2D eigenvalue weighted by atomic mass is 9.33. The molecule has 87 heavy (non-hydrogen) atoms. The molecule has 0 N–H and O–H groups in total. The van der Waals surface area contributed by atoms with E-state index in [1.54, 1.807) is 0 Å². The molecule has 0 fully saturated rings. The van der Waals surface area contributed by atoms with Gasteiger partial charge in [-0.2, -0.15) is 0 Å². The second-order valence-electron chi connectivity index (χ2n) is 28.5. The molecular formula is C81H76BN5. The summed E-state index contributed by atoms with van der Waals surface area (Å²) in [5.41, 5.74) is 27.8. The lowest BCUT2D eigenvalue weighted by Gasteiger charge is -2.45. The molecule has 2 aromatic heterocycles. The molecule has 2 aliphatic rings. The number of aromatic nitrogens is 3. The van der Waals surface area contributed by atoms with Gasteiger partial charge in [-0.3, -0.25) is 0 Å². The van der Waals surface area contributed by atoms with Gasteiger partial charge in [-0.15, -0.1) is 0 Å². The Kier molecular flexibility index (Phi) is 13.1. The van der Waals surface area contributed by atoms with Crippen LogP contribution in [0.4, 0.5) is 34.1 Å². The van der Waals surface area contributed by atoms with Gasteiger partial charge < -0.3 is 14.4 Å². The largest absolute Gasteiger partial charge is 0.311 e. The predicted molar refractivity (Wildman–Crippen MR) is 372 cm³/mol. The highest BCUT2D eigenvalue weighted by Gasteiger charge is 2.44. The lowest BCUT2D eigenvalue weighted by molar-refractivity contribution is 0.568. The number of aryl methyl sites for hydroxylation is 1. The summed E-state index contributed by atoms with van der Waals surface area (Å²) in [6, 6.07) is 83.9. The molecular weight excluding hydrogens is 1050 g/mol. The molecule has 14 rings (SSSR count). The second-order valence-corrected chi connectivity index (χ2v) is 28.5. The van der Waals surface area contributed by atoms with Crippen LogP contribution in [0, 0.1) is 6.92 Å². The Balaban J connectivity index is 0.994. The summed E-state index contributed by atoms with van der Waals surface area (Å²) in [5, 5.41) is 2.41. The molecule has 0 aliphatic carbocycles. The molecule has 0 atom stereocenters. The summed E-state index contributed by atoms with van der Waals surface area (Å²) in [7, 11) is 0. The van der Waals surface area contributed by atoms with E-state index in [1.165, 1.54) is 83.5 Å². The van der Waals surface area contributed by atoms with Crippen molar-refractivity contribution in [3.05, 3.63) is 252 Å². The summed E-state index contributed by atoms with van der Waals surface area (Å²) in [6.45, 7) is 30.4. The smallest absolute Gasteiger partial charge is 0.252 e. The monoisotopic (exact) mass is 1130 g/mol. The third-order valence-corrected chi connectivity index (χ3v) is 18.3. The molecule has 0 bridgehead atoms. The second kappa shape index (κ2) is 20.4. The van der Waals surface area contributed by atoms with Crippen molar-refractivity contribution in [3.8, 4) is 50.7 Å². The predicted octanol–water partition coefficient (Wildman–Crippen LogP) is 19.8. The Morgan fingerprint density at radius 2 is 0.759 bits per heavy atom. The Labute approximate surface area is 515 Å². The number of fused-ring (bicyclic) bond motifs is 7. The number of rotatable bonds is 7. The summed E-state index contributed by atoms with van der Waals surface area (Å²) < 4.78 is 2.45. The van der Waals surface area contributed by atoms with Crippen LogP contribution in [0.2, 0.25) is 0 Å². The first-order chi connectivity index (χ1) is 41.6. The zero-order valence-electron chi connectivity index (χ0n) is 52.7. The molecule has 12 aromatic rings. The highest BCUT2D eigenvalue weighted by atomic mass is 15.2. The average molecular weight is 1130 g/mol. The molecule has 0 unspecified atom stereocenters. The summed E-state index contributed by atoms with van der Waals surface area (Å²) in [6.07, 6.45) is 0. The Morgan fingerprint density at radius 3 is 1.24 bits per heavy atom. The zero-order chi connectivity index (χ0) is 60.5. The molecule has 0 saturated heterocycles. The standard InChI is InChI=1S/C81H76BN5/c1-51-40-55(77-83-67(52-26-16-14-17-27-52)50-68(84-77)53-28-18-15-19-29-53)37-38-69(51)87-70-33-23-20-30-63(70)64-41-54(36-39-71(64)87)56-42-74-76-75(43-56)86(62-48-59(80(8,9)10)45-60(49-62)81(11,12)13)73-35-25-22-32-66(73)82(76)65-31-21-24-34-72(65)85(74)61-46-57(78(2,3)4)44-58(47-61)79(5,6)7/h14-50H,1-13H3. The first kappa shape index (κ1) is 55.6. The van der Waals surface area contributed by atoms with Gasteiger partial charge in [0.2, 0.25) is 0 Å². The Hall–Kier alpha value is -9.26. The van der Waals surface area contributed by atoms with E-state index in [4.69, 9.17) is 9.97 Å². The van der Waals surface area contributed by atoms with Crippen LogP contribution in [0.3, 0.4) is 0 Å². The number of hydrogen-bond donors (Lipinski definition) is 0. The van der Waals surface area contributed by atoms with Crippen LogP contribution in [0.25, 0.3) is 72.5 Å². The molecule has 0 spiro atoms. The van der Waals surface area contributed by atoms with E-state index in [2.05, 4.69) is 317 Å². The Morgan fingerprint density at radius 1 is 0.322 bits per heavy atom. The normalized spacial score (nSPS) is 13.3. The van der Waals surface area contributed by atoms with E-state index in [-0.39, 0.29) is 28.4 Å². The molecule has 0 amide bonds. The minimum Gasteiger partial charge on any atom is -0.311 e. The number of nitrogens with zero attached hydrogens (tertiary/aromatic N) is 5. The number of para-hydroxylation sites is 3. The van der Waals surface area contributed by atoms with Gasteiger partial charge in [-0.25, -0.2) is 9.97 Å². The van der Waals surface area contributed by atoms with Crippen molar-refractivity contribution in [2.75, 3.05) is 9.80 Å². The number of hydrogen-bond acceptors (Lipinski definition) is 4. The first-order valence-electron chi connectivity index (χ1n) is 31.0. The van der Waals surface area contributed by atoms with Crippen molar-refractivity contribution in [3.63, 3.8) is 0 Å². The van der Waals surface area contributed by atoms with Crippen LogP contribution in [0.15, 0.2) is 224 Å². The number of benzene rings is 10. The van der Waals surface area contributed by atoms with E-state index in [9.17, 15) is 0 Å². The van der Waals surface area contributed by atoms with Gasteiger partial charge in [0.15, 0.2) is 5.82 Å². The molecule has 2 aliphatic heterocycles. The maximum atomic E-state index is 5.21. The number of anilines is 6. The third-order valence-electron chi connectivity index (χ3n) is 18.3. The maximum Gasteiger partial charge on any atom is 0.252 e. The highest BCUT2D eigenvalue weighted by Crippen LogP contribution is 2.49. The third kappa shape index (κ3) is 9.75. The van der Waals surface area contributed by atoms with Crippen molar-refractivity contribution in [2.45, 2.75) is 112 Å². The maximum absolute atomic E-state index is 5.21. The van der Waals surface area contributed by atoms with Crippen molar-refractivity contribution in [1.29, 1.82) is 0 Å². The average Bonchev–Trinajstić information content (AvgIpc) is 1.08. The first-order valence-corrected chi connectivity index (χ1v) is 31.0. The van der Waals surface area contributed by atoms with Crippen molar-refractivity contribution >= 4 is 79.0 Å². The van der Waals surface area contributed by atoms with Gasteiger partial charge in [0, 0.05) is 67.3 Å². The van der Waals surface area contributed by atoms with E-state index in [0.717, 1.165) is 61.5 Å². The minimum atomic E-state index is -0.0850. The minimum absolute atomic E-state index is 0.00918. The van der Waals surface area contributed by atoms with Crippen LogP contribution in [0.1, 0.15) is 111 Å². The van der Waals surface area contributed by atoms with Gasteiger partial charge in [0.05, 0.1) is 22.4 Å². The van der Waals surface area contributed by atoms with Crippen LogP contribution in [-0.4, -0.2) is 21.2 Å². The molecule has 4 heterocycles. The zero-order valence-corrected chi connectivity index (χ0v) is 52.7. The molecule has 0 radical (unpaired) electrons. The molecule has 428 valence electrons. The molecule has 10 aromatic carbocycles. The van der Waals surface area contributed by atoms with Gasteiger partial charge in [0.1, 0.15) is 0 Å². The quantitative estimate of drug-likeness (QED) is 0.149. The topological polar surface area (TPSA) is 37.2 Å². The van der Waals surface area contributed by atoms with Gasteiger partial charge >= 0.3 is 0 Å². The highest BCUT2D eigenvalue weighted by molar-refractivity contribution is 7.00. The van der Waals surface area contributed by atoms with Crippen molar-refractivity contribution in [2.24, 2.45) is 0 Å². The van der Waals surface area contributed by atoms with E-state index in [1.807, 2.05) is 12.1 Å². The lowest BCUT2D eigenvalue weighted by Crippen LogP contribution is -2.61. The van der Waals surface area contributed by atoms with Gasteiger partial charge in [0.25, 0.3) is 6.71 Å². The Bertz CT molecular complexity index is 4430. The van der Waals surface area contributed by atoms with Crippen LogP contribution >= 0.6 is 0 Å². The van der Waals surface area contributed by atoms with Crippen molar-refractivity contribution in [1.82, 2.24) is 14.5 Å². The summed E-state index contributed by atoms with van der Waals surface area (Å²) >= 11 is 0. The van der Waals surface area contributed by atoms with Crippen LogP contribution in [-0.2, 0) is 21.7 Å². The molecule has 5 nitrogen and oxygen atoms in total. The SMILES string of the molecule is Cc1cc(-c2nc(-c3ccccc3)cc(-c3ccccc3)n2)ccc1-n1c2ccccc2c2cc(-c3cc4c5c(c3)N(c3cc(C(C)(C)C)cc(C(C)(C)C)c3)c3ccccc3B5c3ccccc3N4c3cc(C(C)(C)C)cc(C(C)(C)C)c3)ccc21.